The number of anilines is 1. The van der Waals surface area contributed by atoms with Crippen molar-refractivity contribution in [2.24, 2.45) is 5.84 Å². The zero-order chi connectivity index (χ0) is 14.8. The van der Waals surface area contributed by atoms with Crippen molar-refractivity contribution in [2.45, 2.75) is 25.0 Å². The zero-order valence-electron chi connectivity index (χ0n) is 11.6. The number of carbonyl (C=O) groups excluding carboxylic acids is 1. The van der Waals surface area contributed by atoms with Crippen LogP contribution in [0.25, 0.3) is 0 Å². The van der Waals surface area contributed by atoms with Crippen molar-refractivity contribution in [1.29, 1.82) is 0 Å². The molecule has 1 aliphatic rings. The van der Waals surface area contributed by atoms with Gasteiger partial charge in [0.05, 0.1) is 10.6 Å². The summed E-state index contributed by atoms with van der Waals surface area (Å²) in [7, 11) is 0. The summed E-state index contributed by atoms with van der Waals surface area (Å²) in [5.74, 6) is 6.57. The molecule has 0 unspecified atom stereocenters. The lowest BCUT2D eigenvalue weighted by Gasteiger charge is -2.22. The molecule has 0 saturated carbocycles. The largest absolute Gasteiger partial charge is 0.338 e. The van der Waals surface area contributed by atoms with Crippen LogP contribution in [0.2, 0.25) is 5.02 Å². The van der Waals surface area contributed by atoms with E-state index in [9.17, 15) is 4.79 Å². The van der Waals surface area contributed by atoms with Gasteiger partial charge in [0.15, 0.2) is 5.82 Å². The fourth-order valence-electron chi connectivity index (χ4n) is 2.07. The van der Waals surface area contributed by atoms with Gasteiger partial charge in [-0.05, 0) is 12.5 Å². The van der Waals surface area contributed by atoms with Crippen LogP contribution in [0.3, 0.4) is 0 Å². The first-order valence-corrected chi connectivity index (χ1v) is 7.85. The number of pyridine rings is 1. The molecule has 3 N–H and O–H groups in total. The van der Waals surface area contributed by atoms with Gasteiger partial charge in [-0.3, -0.25) is 4.79 Å². The van der Waals surface area contributed by atoms with E-state index in [2.05, 4.69) is 24.3 Å². The smallest absolute Gasteiger partial charge is 0.255 e. The van der Waals surface area contributed by atoms with Crippen LogP contribution in [0.1, 0.15) is 30.6 Å². The van der Waals surface area contributed by atoms with Gasteiger partial charge in [0.25, 0.3) is 5.91 Å². The summed E-state index contributed by atoms with van der Waals surface area (Å²) in [6.45, 7) is 5.94. The number of nitrogens with one attached hydrogen (secondary N) is 1. The molecule has 2 rings (SSSR count). The third kappa shape index (κ3) is 3.56. The fourth-order valence-corrected chi connectivity index (χ4v) is 3.39. The average molecular weight is 315 g/mol. The first-order chi connectivity index (χ1) is 9.43. The molecule has 2 heterocycles. The van der Waals surface area contributed by atoms with Crippen LogP contribution < -0.4 is 11.3 Å². The number of amides is 1. The molecule has 5 nitrogen and oxygen atoms in total. The number of carbonyl (C=O) groups is 1. The Bertz CT molecular complexity index is 509. The summed E-state index contributed by atoms with van der Waals surface area (Å²) in [5, 5.41) is 0.350. The van der Waals surface area contributed by atoms with Gasteiger partial charge in [-0.15, -0.1) is 0 Å². The zero-order valence-corrected chi connectivity index (χ0v) is 13.2. The summed E-state index contributed by atoms with van der Waals surface area (Å²) < 4.78 is 0.220. The highest BCUT2D eigenvalue weighted by Gasteiger charge is 2.26. The first kappa shape index (κ1) is 15.4. The number of nitrogens with two attached hydrogens (primary N) is 1. The Balaban J connectivity index is 2.13. The molecular formula is C13H19ClN4OS. The average Bonchev–Trinajstić information content (AvgIpc) is 2.59. The summed E-state index contributed by atoms with van der Waals surface area (Å²) in [6, 6.07) is 1.61. The van der Waals surface area contributed by atoms with Crippen molar-refractivity contribution >= 4 is 35.1 Å². The third-order valence-electron chi connectivity index (χ3n) is 3.35. The summed E-state index contributed by atoms with van der Waals surface area (Å²) in [6.07, 6.45) is 2.49. The van der Waals surface area contributed by atoms with Crippen LogP contribution in [0.4, 0.5) is 5.82 Å². The lowest BCUT2D eigenvalue weighted by atomic mass is 10.1. The van der Waals surface area contributed by atoms with Crippen molar-refractivity contribution in [3.8, 4) is 0 Å². The van der Waals surface area contributed by atoms with E-state index < -0.39 is 0 Å². The Morgan fingerprint density at radius 3 is 2.95 bits per heavy atom. The standard InChI is InChI=1S/C13H19ClN4OS/c1-13(2)3-4-18(5-6-20-13)12(19)9-7-10(14)11(17-15)16-8-9/h7-8H,3-6,15H2,1-2H3,(H,16,17). The molecule has 0 aromatic carbocycles. The van der Waals surface area contributed by atoms with E-state index in [0.29, 0.717) is 16.4 Å². The predicted molar refractivity (Wildman–Crippen MR) is 84.1 cm³/mol. The van der Waals surface area contributed by atoms with Gasteiger partial charge in [0, 0.05) is 29.8 Å². The monoisotopic (exact) mass is 314 g/mol. The molecule has 1 saturated heterocycles. The summed E-state index contributed by atoms with van der Waals surface area (Å²) >= 11 is 7.91. The molecule has 20 heavy (non-hydrogen) atoms. The van der Waals surface area contributed by atoms with Gasteiger partial charge in [0.1, 0.15) is 0 Å². The number of hydrazine groups is 1. The third-order valence-corrected chi connectivity index (χ3v) is 5.01. The molecule has 0 spiro atoms. The molecule has 0 atom stereocenters. The highest BCUT2D eigenvalue weighted by atomic mass is 35.5. The second-order valence-corrected chi connectivity index (χ2v) is 7.56. The van der Waals surface area contributed by atoms with Crippen LogP contribution in [0.5, 0.6) is 0 Å². The van der Waals surface area contributed by atoms with Crippen LogP contribution in [-0.4, -0.2) is 39.4 Å². The normalized spacial score (nSPS) is 18.5. The molecule has 0 aliphatic carbocycles. The highest BCUT2D eigenvalue weighted by molar-refractivity contribution is 8.00. The number of nitrogen functional groups attached to an aromatic ring is 1. The molecule has 1 aromatic rings. The van der Waals surface area contributed by atoms with E-state index in [1.807, 2.05) is 16.7 Å². The van der Waals surface area contributed by atoms with E-state index in [-0.39, 0.29) is 10.7 Å². The number of hydrogen-bond acceptors (Lipinski definition) is 5. The second-order valence-electron chi connectivity index (χ2n) is 5.35. The molecule has 110 valence electrons. The van der Waals surface area contributed by atoms with Crippen LogP contribution >= 0.6 is 23.4 Å². The van der Waals surface area contributed by atoms with Crippen molar-refractivity contribution in [3.05, 3.63) is 22.8 Å². The van der Waals surface area contributed by atoms with Crippen molar-refractivity contribution < 1.29 is 4.79 Å². The van der Waals surface area contributed by atoms with Gasteiger partial charge in [-0.1, -0.05) is 25.4 Å². The van der Waals surface area contributed by atoms with E-state index in [1.54, 1.807) is 6.07 Å². The molecule has 0 bridgehead atoms. The maximum absolute atomic E-state index is 12.5. The number of aromatic nitrogens is 1. The van der Waals surface area contributed by atoms with Crippen molar-refractivity contribution in [3.63, 3.8) is 0 Å². The number of rotatable bonds is 2. The van der Waals surface area contributed by atoms with Crippen LogP contribution in [-0.2, 0) is 0 Å². The van der Waals surface area contributed by atoms with Gasteiger partial charge in [0.2, 0.25) is 0 Å². The Labute approximate surface area is 128 Å². The molecule has 1 fully saturated rings. The Morgan fingerprint density at radius 1 is 1.55 bits per heavy atom. The summed E-state index contributed by atoms with van der Waals surface area (Å²) in [4.78, 5) is 18.4. The van der Waals surface area contributed by atoms with Crippen LogP contribution in [0.15, 0.2) is 12.3 Å². The van der Waals surface area contributed by atoms with Gasteiger partial charge < -0.3 is 10.3 Å². The highest BCUT2D eigenvalue weighted by Crippen LogP contribution is 2.31. The van der Waals surface area contributed by atoms with Gasteiger partial charge >= 0.3 is 0 Å². The minimum atomic E-state index is -0.0266. The number of thioether (sulfide) groups is 1. The van der Waals surface area contributed by atoms with E-state index in [1.165, 1.54) is 6.20 Å². The Hall–Kier alpha value is -0.980. The van der Waals surface area contributed by atoms with Gasteiger partial charge in [-0.25, -0.2) is 10.8 Å². The molecule has 1 aliphatic heterocycles. The first-order valence-electron chi connectivity index (χ1n) is 6.48. The van der Waals surface area contributed by atoms with Gasteiger partial charge in [-0.2, -0.15) is 11.8 Å². The molecule has 1 amide bonds. The summed E-state index contributed by atoms with van der Waals surface area (Å²) in [5.41, 5.74) is 2.89. The maximum atomic E-state index is 12.5. The number of hydrogen-bond donors (Lipinski definition) is 2. The minimum Gasteiger partial charge on any atom is -0.338 e. The topological polar surface area (TPSA) is 71.2 Å². The minimum absolute atomic E-state index is 0.0266. The van der Waals surface area contributed by atoms with Crippen LogP contribution in [0, 0.1) is 0 Å². The maximum Gasteiger partial charge on any atom is 0.255 e. The molecule has 7 heteroatoms. The predicted octanol–water partition coefficient (Wildman–Crippen LogP) is 2.38. The number of nitrogens with zero attached hydrogens (tertiary/aromatic N) is 2. The van der Waals surface area contributed by atoms with E-state index in [4.69, 9.17) is 17.4 Å². The van der Waals surface area contributed by atoms with Crippen molar-refractivity contribution in [2.75, 3.05) is 24.3 Å². The lowest BCUT2D eigenvalue weighted by molar-refractivity contribution is 0.0764. The molecule has 0 radical (unpaired) electrons. The fraction of sp³-hybridized carbons (Fsp3) is 0.538. The van der Waals surface area contributed by atoms with Crippen molar-refractivity contribution in [1.82, 2.24) is 9.88 Å². The quantitative estimate of drug-likeness (QED) is 0.648. The molecular weight excluding hydrogens is 296 g/mol. The Morgan fingerprint density at radius 2 is 2.30 bits per heavy atom. The lowest BCUT2D eigenvalue weighted by Crippen LogP contribution is -2.33. The Kier molecular flexibility index (Phi) is 4.78. The second kappa shape index (κ2) is 6.20. The van der Waals surface area contributed by atoms with E-state index >= 15 is 0 Å². The number of halogens is 1. The molecule has 1 aromatic heterocycles. The SMILES string of the molecule is CC1(C)CCN(C(=O)c2cnc(NN)c(Cl)c2)CCS1. The van der Waals surface area contributed by atoms with E-state index in [0.717, 1.165) is 25.3 Å².